The van der Waals surface area contributed by atoms with Gasteiger partial charge in [0, 0.05) is 30.3 Å². The predicted octanol–water partition coefficient (Wildman–Crippen LogP) is 6.03. The number of phenolic OH excluding ortho intramolecular Hbond substituents is 1. The first-order valence-corrected chi connectivity index (χ1v) is 17.5. The number of carbonyl (C=O) groups excluding carboxylic acids is 4. The number of anilines is 3. The molecule has 0 bridgehead atoms. The lowest BCUT2D eigenvalue weighted by molar-refractivity contribution is -0.274. The van der Waals surface area contributed by atoms with E-state index in [1.54, 1.807) is 30.3 Å². The van der Waals surface area contributed by atoms with Crippen LogP contribution in [0.1, 0.15) is 24.3 Å². The van der Waals surface area contributed by atoms with E-state index in [-0.39, 0.29) is 23.2 Å². The molecule has 6 unspecified atom stereocenters. The molecule has 8 rings (SSSR count). The van der Waals surface area contributed by atoms with Crippen molar-refractivity contribution in [3.63, 3.8) is 0 Å². The van der Waals surface area contributed by atoms with Crippen molar-refractivity contribution in [2.75, 3.05) is 41.0 Å². The number of hydrogen-bond acceptors (Lipinski definition) is 8. The van der Waals surface area contributed by atoms with Crippen LogP contribution in [0.25, 0.3) is 0 Å². The number of morpholine rings is 1. The summed E-state index contributed by atoms with van der Waals surface area (Å²) in [5, 5.41) is 11.2. The van der Waals surface area contributed by atoms with Crippen molar-refractivity contribution in [3.8, 4) is 11.5 Å². The Bertz CT molecular complexity index is 2080. The molecule has 4 fully saturated rings. The van der Waals surface area contributed by atoms with E-state index < -0.39 is 87.1 Å². The summed E-state index contributed by atoms with van der Waals surface area (Å²) in [6, 6.07) is 13.9. The van der Waals surface area contributed by atoms with Crippen LogP contribution in [0.5, 0.6) is 11.5 Å². The molecule has 3 aromatic carbocycles. The number of amides is 4. The molecular formula is C37H29Cl2F4N3O7. The normalized spacial score (nSPS) is 29.9. The Labute approximate surface area is 309 Å². The highest BCUT2D eigenvalue weighted by Crippen LogP contribution is 2.66. The zero-order chi connectivity index (χ0) is 37.6. The Morgan fingerprint density at radius 1 is 0.811 bits per heavy atom. The lowest BCUT2D eigenvalue weighted by Gasteiger charge is -2.50. The second-order valence-corrected chi connectivity index (χ2v) is 14.9. The number of carbonyl (C=O) groups is 4. The maximum Gasteiger partial charge on any atom is 0.573 e. The van der Waals surface area contributed by atoms with E-state index in [0.29, 0.717) is 36.9 Å². The summed E-state index contributed by atoms with van der Waals surface area (Å²) in [5.74, 6) is -9.85. The van der Waals surface area contributed by atoms with Crippen LogP contribution >= 0.6 is 23.2 Å². The zero-order valence-electron chi connectivity index (χ0n) is 27.5. The second-order valence-electron chi connectivity index (χ2n) is 13.6. The van der Waals surface area contributed by atoms with E-state index in [9.17, 15) is 41.8 Å². The Balaban J connectivity index is 1.23. The molecule has 1 saturated carbocycles. The average molecular weight is 775 g/mol. The van der Waals surface area contributed by atoms with Crippen molar-refractivity contribution in [1.29, 1.82) is 0 Å². The van der Waals surface area contributed by atoms with Gasteiger partial charge in [-0.15, -0.1) is 36.4 Å². The quantitative estimate of drug-likeness (QED) is 0.145. The lowest BCUT2D eigenvalue weighted by atomic mass is 9.56. The average Bonchev–Trinajstić information content (AvgIpc) is 3.47. The molecule has 4 amide bonds. The number of imide groups is 2. The first kappa shape index (κ1) is 35.4. The summed E-state index contributed by atoms with van der Waals surface area (Å²) >= 11 is 14.6. The molecule has 0 aromatic heterocycles. The highest BCUT2D eigenvalue weighted by atomic mass is 35.5. The van der Waals surface area contributed by atoms with E-state index in [1.807, 2.05) is 0 Å². The molecule has 6 atom stereocenters. The van der Waals surface area contributed by atoms with Crippen LogP contribution in [-0.2, 0) is 23.9 Å². The van der Waals surface area contributed by atoms with E-state index in [1.165, 1.54) is 0 Å². The summed E-state index contributed by atoms with van der Waals surface area (Å²) in [4.78, 5) is 56.4. The number of hydrogen-bond donors (Lipinski definition) is 1. The van der Waals surface area contributed by atoms with Gasteiger partial charge in [-0.25, -0.2) is 9.29 Å². The van der Waals surface area contributed by atoms with Crippen LogP contribution in [0.4, 0.5) is 34.6 Å². The van der Waals surface area contributed by atoms with Crippen molar-refractivity contribution < 1.29 is 51.3 Å². The van der Waals surface area contributed by atoms with E-state index in [0.717, 1.165) is 53.1 Å². The number of benzene rings is 3. The van der Waals surface area contributed by atoms with Crippen LogP contribution < -0.4 is 19.4 Å². The predicted molar refractivity (Wildman–Crippen MR) is 183 cm³/mol. The molecule has 0 radical (unpaired) electrons. The minimum atomic E-state index is -5.13. The summed E-state index contributed by atoms with van der Waals surface area (Å²) in [6.45, 7) is 2.46. The summed E-state index contributed by atoms with van der Waals surface area (Å²) in [6.07, 6.45) is -3.99. The summed E-state index contributed by atoms with van der Waals surface area (Å²) < 4.78 is 63.6. The molecule has 276 valence electrons. The SMILES string of the molecule is O=C1C2CC=C3C(CC4(Cl)C(=O)N(c5ccc(F)cc5)C(=O)C4(Cl)C3c3cc(OC(F)(F)F)ccc3O)C2C(=O)N1c1ccc(N2CCOCC2)cc1. The molecule has 0 spiro atoms. The maximum absolute atomic E-state index is 14.5. The van der Waals surface area contributed by atoms with Gasteiger partial charge >= 0.3 is 6.36 Å². The van der Waals surface area contributed by atoms with E-state index in [2.05, 4.69) is 9.64 Å². The van der Waals surface area contributed by atoms with Gasteiger partial charge < -0.3 is 19.5 Å². The Hall–Kier alpha value is -4.66. The molecule has 10 nitrogen and oxygen atoms in total. The van der Waals surface area contributed by atoms with Gasteiger partial charge in [-0.1, -0.05) is 11.6 Å². The Morgan fingerprint density at radius 2 is 1.43 bits per heavy atom. The fourth-order valence-electron chi connectivity index (χ4n) is 8.59. The number of ether oxygens (including phenoxy) is 2. The first-order chi connectivity index (χ1) is 25.1. The van der Waals surface area contributed by atoms with Gasteiger partial charge in [0.2, 0.25) is 11.8 Å². The van der Waals surface area contributed by atoms with Gasteiger partial charge in [-0.05, 0) is 85.5 Å². The largest absolute Gasteiger partial charge is 0.573 e. The van der Waals surface area contributed by atoms with Gasteiger partial charge in [-0.2, -0.15) is 0 Å². The monoisotopic (exact) mass is 773 g/mol. The lowest BCUT2D eigenvalue weighted by Crippen LogP contribution is -2.60. The molecular weight excluding hydrogens is 745 g/mol. The second kappa shape index (κ2) is 12.5. The van der Waals surface area contributed by atoms with E-state index >= 15 is 0 Å². The van der Waals surface area contributed by atoms with Gasteiger partial charge in [0.05, 0.1) is 36.4 Å². The van der Waals surface area contributed by atoms with Crippen molar-refractivity contribution in [1.82, 2.24) is 0 Å². The third kappa shape index (κ3) is 5.39. The number of phenols is 1. The van der Waals surface area contributed by atoms with Gasteiger partial charge in [0.15, 0.2) is 9.75 Å². The van der Waals surface area contributed by atoms with Crippen molar-refractivity contribution in [2.24, 2.45) is 17.8 Å². The minimum Gasteiger partial charge on any atom is -0.508 e. The standard InChI is InChI=1S/C37H29Cl2F4N3O7/c38-35-18-27-24(10-11-25-29(27)32(49)45(31(25)48)21-7-5-20(6-8-21)44-13-15-52-16-14-44)30(26-17-23(9-12-28(26)47)53-37(41,42)43)36(35,39)34(51)46(33(35)50)22-3-1-19(40)2-4-22/h1-10,12,17,25,27,29-30,47H,11,13-16,18H2. The van der Waals surface area contributed by atoms with Crippen molar-refractivity contribution in [3.05, 3.63) is 89.8 Å². The molecule has 5 aliphatic rings. The molecule has 3 aliphatic heterocycles. The van der Waals surface area contributed by atoms with E-state index in [4.69, 9.17) is 27.9 Å². The third-order valence-electron chi connectivity index (χ3n) is 10.9. The fraction of sp³-hybridized carbons (Fsp3) is 0.351. The molecule has 53 heavy (non-hydrogen) atoms. The fourth-order valence-corrected chi connectivity index (χ4v) is 9.52. The van der Waals surface area contributed by atoms with Crippen LogP contribution in [0.2, 0.25) is 0 Å². The third-order valence-corrected chi connectivity index (χ3v) is 12.3. The van der Waals surface area contributed by atoms with Crippen molar-refractivity contribution in [2.45, 2.75) is 34.9 Å². The molecule has 16 heteroatoms. The molecule has 1 N–H and O–H groups in total. The number of alkyl halides is 5. The first-order valence-electron chi connectivity index (χ1n) is 16.8. The molecule has 3 heterocycles. The highest BCUT2D eigenvalue weighted by molar-refractivity contribution is 6.58. The smallest absolute Gasteiger partial charge is 0.508 e. The number of fused-ring (bicyclic) bond motifs is 4. The number of rotatable bonds is 5. The van der Waals surface area contributed by atoms with Crippen LogP contribution in [0.3, 0.4) is 0 Å². The maximum atomic E-state index is 14.5. The zero-order valence-corrected chi connectivity index (χ0v) is 29.0. The van der Waals surface area contributed by atoms with Crippen LogP contribution in [0, 0.1) is 23.6 Å². The van der Waals surface area contributed by atoms with Crippen molar-refractivity contribution >= 4 is 63.9 Å². The highest BCUT2D eigenvalue weighted by Gasteiger charge is 2.77. The topological polar surface area (TPSA) is 117 Å². The summed E-state index contributed by atoms with van der Waals surface area (Å²) in [5.41, 5.74) is 1.03. The van der Waals surface area contributed by atoms with Gasteiger partial charge in [0.25, 0.3) is 11.8 Å². The minimum absolute atomic E-state index is 0.0223. The van der Waals surface area contributed by atoms with Gasteiger partial charge in [-0.3, -0.25) is 24.1 Å². The molecule has 3 aromatic rings. The van der Waals surface area contributed by atoms with Crippen LogP contribution in [0.15, 0.2) is 78.4 Å². The summed E-state index contributed by atoms with van der Waals surface area (Å²) in [7, 11) is 0. The number of aromatic hydroxyl groups is 1. The molecule has 3 saturated heterocycles. The number of nitrogens with zero attached hydrogens (tertiary/aromatic N) is 3. The Kier molecular flexibility index (Phi) is 8.31. The molecule has 2 aliphatic carbocycles. The van der Waals surface area contributed by atoms with Gasteiger partial charge in [0.1, 0.15) is 17.3 Å². The van der Waals surface area contributed by atoms with Crippen LogP contribution in [-0.4, -0.2) is 71.1 Å². The Morgan fingerprint density at radius 3 is 2.09 bits per heavy atom. The number of allylic oxidation sites excluding steroid dienone is 2. The number of halogens is 6.